The summed E-state index contributed by atoms with van der Waals surface area (Å²) in [6.45, 7) is 0.847. The van der Waals surface area contributed by atoms with Crippen LogP contribution in [0.15, 0.2) is 65.8 Å². The molecule has 160 valence electrons. The largest absolute Gasteiger partial charge is 0.459 e. The predicted octanol–water partition coefficient (Wildman–Crippen LogP) is 3.04. The van der Waals surface area contributed by atoms with Crippen molar-refractivity contribution < 1.29 is 33.3 Å². The molecule has 2 aromatic rings. The van der Waals surface area contributed by atoms with E-state index in [1.807, 2.05) is 0 Å². The lowest BCUT2D eigenvalue weighted by molar-refractivity contribution is -0.187. The van der Waals surface area contributed by atoms with Crippen molar-refractivity contribution in [2.45, 2.75) is 31.5 Å². The first kappa shape index (κ1) is 21.8. The summed E-state index contributed by atoms with van der Waals surface area (Å²) in [7, 11) is 0. The molecule has 1 heterocycles. The van der Waals surface area contributed by atoms with Crippen molar-refractivity contribution in [2.24, 2.45) is 5.11 Å². The van der Waals surface area contributed by atoms with Gasteiger partial charge in [0.25, 0.3) is 0 Å². The molecule has 1 unspecified atom stereocenters. The van der Waals surface area contributed by atoms with E-state index < -0.39 is 42.4 Å². The molecule has 0 spiro atoms. The molecule has 10 heteroatoms. The van der Waals surface area contributed by atoms with Crippen molar-refractivity contribution >= 4 is 17.9 Å². The average Bonchev–Trinajstić information content (AvgIpc) is 3.08. The van der Waals surface area contributed by atoms with Crippen LogP contribution in [0.5, 0.6) is 0 Å². The number of azide groups is 1. The highest BCUT2D eigenvalue weighted by Crippen LogP contribution is 2.29. The van der Waals surface area contributed by atoms with Crippen LogP contribution in [-0.2, 0) is 23.7 Å². The Bertz CT molecular complexity index is 977. The molecular weight excluding hydrogens is 406 g/mol. The maximum absolute atomic E-state index is 12.5. The molecule has 0 N–H and O–H groups in total. The fourth-order valence-electron chi connectivity index (χ4n) is 3.01. The second kappa shape index (κ2) is 10.2. The molecule has 1 fully saturated rings. The third-order valence-corrected chi connectivity index (χ3v) is 4.40. The first-order valence-corrected chi connectivity index (χ1v) is 9.34. The standard InChI is InChI=1S/C21H19N3O7/c1-13(25)29-21-18(31-20(27)15-10-6-3-7-11-15)17(23-24-22)16(30-21)12-28-19(26)14-8-4-2-5-9-14/h2-11,16-18,21H,12H2,1H3/t16-,17-,18-,21?/m1/s1. The number of rotatable bonds is 7. The maximum Gasteiger partial charge on any atom is 0.338 e. The van der Waals surface area contributed by atoms with Crippen LogP contribution in [0, 0.1) is 0 Å². The van der Waals surface area contributed by atoms with E-state index in [1.54, 1.807) is 60.7 Å². The van der Waals surface area contributed by atoms with Gasteiger partial charge in [-0.2, -0.15) is 0 Å². The highest BCUT2D eigenvalue weighted by Gasteiger charge is 2.49. The van der Waals surface area contributed by atoms with E-state index in [-0.39, 0.29) is 12.2 Å². The molecule has 1 aliphatic heterocycles. The lowest BCUT2D eigenvalue weighted by atomic mass is 10.1. The van der Waals surface area contributed by atoms with Crippen molar-refractivity contribution in [1.29, 1.82) is 0 Å². The fourth-order valence-corrected chi connectivity index (χ4v) is 3.01. The van der Waals surface area contributed by atoms with Gasteiger partial charge >= 0.3 is 17.9 Å². The zero-order chi connectivity index (χ0) is 22.2. The lowest BCUT2D eigenvalue weighted by Crippen LogP contribution is -2.38. The number of nitrogens with zero attached hydrogens (tertiary/aromatic N) is 3. The van der Waals surface area contributed by atoms with Gasteiger partial charge in [0.15, 0.2) is 6.10 Å². The van der Waals surface area contributed by atoms with Gasteiger partial charge in [-0.3, -0.25) is 4.79 Å². The van der Waals surface area contributed by atoms with Gasteiger partial charge < -0.3 is 18.9 Å². The van der Waals surface area contributed by atoms with E-state index >= 15 is 0 Å². The van der Waals surface area contributed by atoms with Gasteiger partial charge in [-0.1, -0.05) is 41.5 Å². The molecule has 31 heavy (non-hydrogen) atoms. The monoisotopic (exact) mass is 425 g/mol. The number of carbonyl (C=O) groups excluding carboxylic acids is 3. The summed E-state index contributed by atoms with van der Waals surface area (Å²) in [6, 6.07) is 15.3. The van der Waals surface area contributed by atoms with Crippen LogP contribution in [0.3, 0.4) is 0 Å². The van der Waals surface area contributed by atoms with E-state index in [1.165, 1.54) is 0 Å². The molecule has 4 atom stereocenters. The third kappa shape index (κ3) is 5.59. The van der Waals surface area contributed by atoms with Gasteiger partial charge in [0.05, 0.1) is 11.1 Å². The van der Waals surface area contributed by atoms with Crippen LogP contribution in [0.4, 0.5) is 0 Å². The quantitative estimate of drug-likeness (QED) is 0.218. The Kier molecular flexibility index (Phi) is 7.21. The summed E-state index contributed by atoms with van der Waals surface area (Å²) >= 11 is 0. The Morgan fingerprint density at radius 2 is 1.55 bits per heavy atom. The highest BCUT2D eigenvalue weighted by molar-refractivity contribution is 5.90. The Labute approximate surface area is 177 Å². The number of carbonyl (C=O) groups is 3. The molecule has 1 aliphatic rings. The van der Waals surface area contributed by atoms with Crippen molar-refractivity contribution in [1.82, 2.24) is 0 Å². The minimum Gasteiger partial charge on any atom is -0.459 e. The summed E-state index contributed by atoms with van der Waals surface area (Å²) in [5, 5.41) is 3.64. The molecule has 3 rings (SSSR count). The fraction of sp³-hybridized carbons (Fsp3) is 0.286. The maximum atomic E-state index is 12.5. The second-order valence-corrected chi connectivity index (χ2v) is 6.55. The summed E-state index contributed by atoms with van der Waals surface area (Å²) < 4.78 is 21.4. The molecular formula is C21H19N3O7. The molecule has 10 nitrogen and oxygen atoms in total. The second-order valence-electron chi connectivity index (χ2n) is 6.55. The Hall–Kier alpha value is -3.88. The summed E-state index contributed by atoms with van der Waals surface area (Å²) in [5.74, 6) is -2.02. The van der Waals surface area contributed by atoms with Crippen molar-refractivity contribution in [3.05, 3.63) is 82.2 Å². The van der Waals surface area contributed by atoms with Crippen molar-refractivity contribution in [3.8, 4) is 0 Å². The van der Waals surface area contributed by atoms with E-state index in [4.69, 9.17) is 24.5 Å². The third-order valence-electron chi connectivity index (χ3n) is 4.40. The summed E-state index contributed by atoms with van der Waals surface area (Å²) in [4.78, 5) is 39.0. The zero-order valence-electron chi connectivity index (χ0n) is 16.5. The Morgan fingerprint density at radius 1 is 0.968 bits per heavy atom. The Morgan fingerprint density at radius 3 is 2.10 bits per heavy atom. The number of benzene rings is 2. The van der Waals surface area contributed by atoms with Gasteiger partial charge in [-0.15, -0.1) is 0 Å². The molecule has 0 bridgehead atoms. The lowest BCUT2D eigenvalue weighted by Gasteiger charge is -2.20. The number of esters is 3. The van der Waals surface area contributed by atoms with Crippen LogP contribution in [0.25, 0.3) is 10.4 Å². The topological polar surface area (TPSA) is 137 Å². The van der Waals surface area contributed by atoms with Crippen LogP contribution < -0.4 is 0 Å². The first-order valence-electron chi connectivity index (χ1n) is 9.34. The van der Waals surface area contributed by atoms with E-state index in [0.717, 1.165) is 6.92 Å². The van der Waals surface area contributed by atoms with E-state index in [2.05, 4.69) is 10.0 Å². The minimum absolute atomic E-state index is 0.253. The van der Waals surface area contributed by atoms with Crippen LogP contribution in [0.2, 0.25) is 0 Å². The summed E-state index contributed by atoms with van der Waals surface area (Å²) in [6.07, 6.45) is -3.56. The number of ether oxygens (including phenoxy) is 4. The van der Waals surface area contributed by atoms with Gasteiger partial charge in [0, 0.05) is 11.8 Å². The first-order chi connectivity index (χ1) is 15.0. The van der Waals surface area contributed by atoms with Crippen LogP contribution >= 0.6 is 0 Å². The molecule has 0 amide bonds. The van der Waals surface area contributed by atoms with Crippen molar-refractivity contribution in [3.63, 3.8) is 0 Å². The van der Waals surface area contributed by atoms with Crippen molar-refractivity contribution in [2.75, 3.05) is 6.61 Å². The predicted molar refractivity (Wildman–Crippen MR) is 106 cm³/mol. The molecule has 0 radical (unpaired) electrons. The smallest absolute Gasteiger partial charge is 0.338 e. The Balaban J connectivity index is 1.76. The van der Waals surface area contributed by atoms with Crippen LogP contribution in [0.1, 0.15) is 27.6 Å². The van der Waals surface area contributed by atoms with Gasteiger partial charge in [-0.25, -0.2) is 9.59 Å². The van der Waals surface area contributed by atoms with E-state index in [0.29, 0.717) is 5.56 Å². The molecule has 0 aromatic heterocycles. The highest BCUT2D eigenvalue weighted by atomic mass is 16.7. The normalized spacial score (nSPS) is 22.1. The minimum atomic E-state index is -1.33. The van der Waals surface area contributed by atoms with Gasteiger partial charge in [0.2, 0.25) is 6.29 Å². The molecule has 0 saturated carbocycles. The summed E-state index contributed by atoms with van der Waals surface area (Å²) in [5.41, 5.74) is 9.56. The zero-order valence-corrected chi connectivity index (χ0v) is 16.5. The van der Waals surface area contributed by atoms with E-state index in [9.17, 15) is 14.4 Å². The SMILES string of the molecule is CC(=O)OC1O[C@H](COC(=O)c2ccccc2)[C@@H](N=[N+]=[N-])[C@H]1OC(=O)c1ccccc1. The molecule has 0 aliphatic carbocycles. The van der Waals surface area contributed by atoms with Gasteiger partial charge in [0.1, 0.15) is 18.8 Å². The van der Waals surface area contributed by atoms with Crippen LogP contribution in [-0.4, -0.2) is 49.1 Å². The molecule has 1 saturated heterocycles. The molecule has 2 aromatic carbocycles. The number of hydrogen-bond acceptors (Lipinski definition) is 8. The van der Waals surface area contributed by atoms with Gasteiger partial charge in [-0.05, 0) is 29.8 Å². The number of hydrogen-bond donors (Lipinski definition) is 0. The average molecular weight is 425 g/mol.